The third-order valence-electron chi connectivity index (χ3n) is 1.65. The zero-order valence-electron chi connectivity index (χ0n) is 7.90. The van der Waals surface area contributed by atoms with Gasteiger partial charge in [-0.3, -0.25) is 4.98 Å². The van der Waals surface area contributed by atoms with Crippen molar-refractivity contribution in [2.45, 2.75) is 18.4 Å². The number of rotatable bonds is 4. The lowest BCUT2D eigenvalue weighted by atomic mass is 10.4. The maximum atomic E-state index is 11.4. The monoisotopic (exact) mass is 215 g/mol. The second kappa shape index (κ2) is 4.50. The Morgan fingerprint density at radius 2 is 2.21 bits per heavy atom. The summed E-state index contributed by atoms with van der Waals surface area (Å²) in [6.45, 7) is 2.39. The molecule has 0 aliphatic heterocycles. The van der Waals surface area contributed by atoms with Crippen LogP contribution in [0.4, 0.5) is 0 Å². The summed E-state index contributed by atoms with van der Waals surface area (Å²) in [5.41, 5.74) is 6.01. The predicted molar refractivity (Wildman–Crippen MR) is 53.0 cm³/mol. The molecule has 0 spiro atoms. The van der Waals surface area contributed by atoms with Crippen LogP contribution in [-0.2, 0) is 16.6 Å². The molecule has 3 N–H and O–H groups in total. The molecule has 0 radical (unpaired) electrons. The van der Waals surface area contributed by atoms with Crippen molar-refractivity contribution in [2.24, 2.45) is 5.73 Å². The van der Waals surface area contributed by atoms with E-state index in [1.54, 1.807) is 13.0 Å². The molecule has 14 heavy (non-hydrogen) atoms. The number of hydrogen-bond donors (Lipinski definition) is 2. The van der Waals surface area contributed by atoms with Crippen molar-refractivity contribution in [2.75, 3.05) is 6.54 Å². The Hall–Kier alpha value is -0.980. The summed E-state index contributed by atoms with van der Waals surface area (Å²) >= 11 is 0. The van der Waals surface area contributed by atoms with Crippen LogP contribution in [0.25, 0.3) is 0 Å². The molecule has 1 aromatic rings. The third-order valence-corrected chi connectivity index (χ3v) is 3.18. The van der Waals surface area contributed by atoms with E-state index in [0.717, 1.165) is 0 Å². The maximum Gasteiger partial charge on any atom is 0.242 e. The summed E-state index contributed by atoms with van der Waals surface area (Å²) in [5, 5.41) is 0. The van der Waals surface area contributed by atoms with Crippen molar-refractivity contribution in [1.29, 1.82) is 0 Å². The molecular formula is C8H13N3O2S. The lowest BCUT2D eigenvalue weighted by Gasteiger charge is -2.03. The molecule has 6 heteroatoms. The second-order valence-corrected chi connectivity index (χ2v) is 4.46. The van der Waals surface area contributed by atoms with Crippen molar-refractivity contribution in [3.05, 3.63) is 24.0 Å². The van der Waals surface area contributed by atoms with Gasteiger partial charge in [0.2, 0.25) is 10.0 Å². The minimum Gasteiger partial charge on any atom is -0.325 e. The lowest BCUT2D eigenvalue weighted by molar-refractivity contribution is 0.583. The quantitative estimate of drug-likeness (QED) is 0.730. The molecule has 0 bridgehead atoms. The van der Waals surface area contributed by atoms with Crippen LogP contribution in [0.3, 0.4) is 0 Å². The fourth-order valence-corrected chi connectivity index (χ4v) is 1.95. The van der Waals surface area contributed by atoms with E-state index in [0.29, 0.717) is 18.8 Å². The molecule has 0 saturated heterocycles. The molecule has 0 fully saturated rings. The standard InChI is InChI=1S/C8H13N3O2S/c1-2-11-14(12,13)8-4-3-7(5-9)10-6-8/h3-4,6,11H,2,5,9H2,1H3. The van der Waals surface area contributed by atoms with E-state index < -0.39 is 10.0 Å². The second-order valence-electron chi connectivity index (χ2n) is 2.69. The zero-order chi connectivity index (χ0) is 10.6. The van der Waals surface area contributed by atoms with Crippen LogP contribution >= 0.6 is 0 Å². The van der Waals surface area contributed by atoms with Crippen LogP contribution < -0.4 is 10.5 Å². The molecule has 5 nitrogen and oxygen atoms in total. The molecule has 0 atom stereocenters. The minimum absolute atomic E-state index is 0.163. The highest BCUT2D eigenvalue weighted by molar-refractivity contribution is 7.89. The highest BCUT2D eigenvalue weighted by Crippen LogP contribution is 2.06. The fourth-order valence-electron chi connectivity index (χ4n) is 0.964. The van der Waals surface area contributed by atoms with Gasteiger partial charge in [0.05, 0.1) is 5.69 Å². The summed E-state index contributed by atoms with van der Waals surface area (Å²) in [7, 11) is -3.39. The van der Waals surface area contributed by atoms with Gasteiger partial charge in [0.1, 0.15) is 4.90 Å². The number of pyridine rings is 1. The van der Waals surface area contributed by atoms with E-state index in [9.17, 15) is 8.42 Å². The average molecular weight is 215 g/mol. The van der Waals surface area contributed by atoms with Crippen LogP contribution in [0.15, 0.2) is 23.2 Å². The van der Waals surface area contributed by atoms with Gasteiger partial charge in [-0.05, 0) is 12.1 Å². The van der Waals surface area contributed by atoms with E-state index in [4.69, 9.17) is 5.73 Å². The fraction of sp³-hybridized carbons (Fsp3) is 0.375. The highest BCUT2D eigenvalue weighted by atomic mass is 32.2. The van der Waals surface area contributed by atoms with E-state index in [-0.39, 0.29) is 4.90 Å². The molecule has 78 valence electrons. The Balaban J connectivity index is 2.97. The first kappa shape index (κ1) is 11.1. The Kier molecular flexibility index (Phi) is 3.56. The minimum atomic E-state index is -3.39. The molecule has 0 amide bonds. The normalized spacial score (nSPS) is 11.6. The van der Waals surface area contributed by atoms with Gasteiger partial charge < -0.3 is 5.73 Å². The smallest absolute Gasteiger partial charge is 0.242 e. The SMILES string of the molecule is CCNS(=O)(=O)c1ccc(CN)nc1. The van der Waals surface area contributed by atoms with Gasteiger partial charge in [-0.1, -0.05) is 6.92 Å². The summed E-state index contributed by atoms with van der Waals surface area (Å²) in [5.74, 6) is 0. The van der Waals surface area contributed by atoms with Gasteiger partial charge in [-0.15, -0.1) is 0 Å². The number of aromatic nitrogens is 1. The third kappa shape index (κ3) is 2.50. The van der Waals surface area contributed by atoms with Gasteiger partial charge in [0, 0.05) is 19.3 Å². The number of sulfonamides is 1. The van der Waals surface area contributed by atoms with E-state index in [1.165, 1.54) is 12.3 Å². The summed E-state index contributed by atoms with van der Waals surface area (Å²) in [6, 6.07) is 3.09. The predicted octanol–water partition coefficient (Wildman–Crippen LogP) is -0.162. The van der Waals surface area contributed by atoms with Crippen molar-refractivity contribution >= 4 is 10.0 Å². The van der Waals surface area contributed by atoms with Crippen LogP contribution in [0, 0.1) is 0 Å². The van der Waals surface area contributed by atoms with Gasteiger partial charge in [0.15, 0.2) is 0 Å². The maximum absolute atomic E-state index is 11.4. The molecule has 0 unspecified atom stereocenters. The molecule has 0 aliphatic rings. The van der Waals surface area contributed by atoms with Crippen molar-refractivity contribution in [1.82, 2.24) is 9.71 Å². The number of nitrogens with two attached hydrogens (primary N) is 1. The van der Waals surface area contributed by atoms with Crippen molar-refractivity contribution in [3.8, 4) is 0 Å². The summed E-state index contributed by atoms with van der Waals surface area (Å²) in [4.78, 5) is 4.07. The van der Waals surface area contributed by atoms with Gasteiger partial charge >= 0.3 is 0 Å². The summed E-state index contributed by atoms with van der Waals surface area (Å²) in [6.07, 6.45) is 1.31. The van der Waals surface area contributed by atoms with Crippen LogP contribution in [0.1, 0.15) is 12.6 Å². The molecule has 1 aromatic heterocycles. The Labute approximate surface area is 83.4 Å². The average Bonchev–Trinajstić information content (AvgIpc) is 2.18. The molecule has 0 aromatic carbocycles. The molecule has 0 saturated carbocycles. The number of hydrogen-bond acceptors (Lipinski definition) is 4. The number of nitrogens with one attached hydrogen (secondary N) is 1. The molecular weight excluding hydrogens is 202 g/mol. The highest BCUT2D eigenvalue weighted by Gasteiger charge is 2.12. The molecule has 0 aliphatic carbocycles. The number of nitrogens with zero attached hydrogens (tertiary/aromatic N) is 1. The zero-order valence-corrected chi connectivity index (χ0v) is 8.71. The van der Waals surface area contributed by atoms with Crippen LogP contribution in [0.2, 0.25) is 0 Å². The molecule has 1 heterocycles. The lowest BCUT2D eigenvalue weighted by Crippen LogP contribution is -2.23. The largest absolute Gasteiger partial charge is 0.325 e. The Morgan fingerprint density at radius 1 is 1.50 bits per heavy atom. The van der Waals surface area contributed by atoms with E-state index in [2.05, 4.69) is 9.71 Å². The topological polar surface area (TPSA) is 85.1 Å². The van der Waals surface area contributed by atoms with E-state index in [1.807, 2.05) is 0 Å². The van der Waals surface area contributed by atoms with Crippen molar-refractivity contribution < 1.29 is 8.42 Å². The van der Waals surface area contributed by atoms with Gasteiger partial charge in [-0.25, -0.2) is 13.1 Å². The van der Waals surface area contributed by atoms with Gasteiger partial charge in [0.25, 0.3) is 0 Å². The first-order valence-electron chi connectivity index (χ1n) is 4.25. The Morgan fingerprint density at radius 3 is 2.64 bits per heavy atom. The summed E-state index contributed by atoms with van der Waals surface area (Å²) < 4.78 is 25.3. The van der Waals surface area contributed by atoms with Crippen molar-refractivity contribution in [3.63, 3.8) is 0 Å². The first-order valence-corrected chi connectivity index (χ1v) is 5.73. The van der Waals surface area contributed by atoms with Crippen LogP contribution in [-0.4, -0.2) is 19.9 Å². The Bertz CT molecular complexity index is 386. The van der Waals surface area contributed by atoms with Crippen LogP contribution in [0.5, 0.6) is 0 Å². The van der Waals surface area contributed by atoms with Gasteiger partial charge in [-0.2, -0.15) is 0 Å². The molecule has 1 rings (SSSR count). The first-order chi connectivity index (χ1) is 6.60. The van der Waals surface area contributed by atoms with E-state index >= 15 is 0 Å².